The molecule has 0 bridgehead atoms. The Labute approximate surface area is 147 Å². The number of halogens is 3. The summed E-state index contributed by atoms with van der Waals surface area (Å²) in [6, 6.07) is 4.90. The number of carbonyl (C=O) groups excluding carboxylic acids is 1. The predicted molar refractivity (Wildman–Crippen MR) is 93.0 cm³/mol. The summed E-state index contributed by atoms with van der Waals surface area (Å²) in [5, 5.41) is 5.75. The normalized spacial score (nSPS) is 11.1. The maximum absolute atomic E-state index is 14.0. The van der Waals surface area contributed by atoms with E-state index in [4.69, 9.17) is 0 Å². The first-order valence-corrected chi connectivity index (χ1v) is 6.81. The zero-order chi connectivity index (χ0) is 15.2. The number of carbonyl (C=O) groups is 1. The fourth-order valence-electron chi connectivity index (χ4n) is 2.03. The minimum Gasteiger partial charge on any atom is -0.352 e. The van der Waals surface area contributed by atoms with E-state index in [9.17, 15) is 9.18 Å². The second-order valence-electron chi connectivity index (χ2n) is 4.93. The molecule has 0 aliphatic rings. The summed E-state index contributed by atoms with van der Waals surface area (Å²) in [4.78, 5) is 15.7. The van der Waals surface area contributed by atoms with Crippen molar-refractivity contribution in [1.82, 2.24) is 20.2 Å². The number of benzene rings is 1. The minimum absolute atomic E-state index is 0. The van der Waals surface area contributed by atoms with E-state index in [1.807, 2.05) is 6.92 Å². The lowest BCUT2D eigenvalue weighted by molar-refractivity contribution is -0.124. The van der Waals surface area contributed by atoms with Crippen molar-refractivity contribution in [2.24, 2.45) is 5.92 Å². The number of aromatic nitrogens is 2. The molecule has 1 atom stereocenters. The van der Waals surface area contributed by atoms with Gasteiger partial charge in [-0.05, 0) is 24.7 Å². The van der Waals surface area contributed by atoms with E-state index in [0.29, 0.717) is 18.8 Å². The van der Waals surface area contributed by atoms with Crippen LogP contribution >= 0.6 is 24.8 Å². The SMILES string of the molecule is CNCC(C)C(=O)NCc1ccc(-n2ccnc2)c(F)c1.Cl.Cl. The Hall–Kier alpha value is -1.63. The average molecular weight is 363 g/mol. The van der Waals surface area contributed by atoms with Crippen LogP contribution in [0.1, 0.15) is 12.5 Å². The van der Waals surface area contributed by atoms with Gasteiger partial charge in [-0.15, -0.1) is 24.8 Å². The molecule has 8 heteroatoms. The van der Waals surface area contributed by atoms with E-state index in [1.54, 1.807) is 42.5 Å². The van der Waals surface area contributed by atoms with Crippen LogP contribution in [0.4, 0.5) is 4.39 Å². The molecule has 1 aromatic heterocycles. The summed E-state index contributed by atoms with van der Waals surface area (Å²) in [6.07, 6.45) is 4.81. The van der Waals surface area contributed by atoms with Gasteiger partial charge in [-0.25, -0.2) is 9.37 Å². The molecule has 1 amide bonds. The summed E-state index contributed by atoms with van der Waals surface area (Å²) in [6.45, 7) is 2.77. The van der Waals surface area contributed by atoms with Crippen molar-refractivity contribution in [3.05, 3.63) is 48.3 Å². The first-order valence-electron chi connectivity index (χ1n) is 6.81. The molecular formula is C15H21Cl2FN4O. The lowest BCUT2D eigenvalue weighted by Crippen LogP contribution is -2.33. The molecule has 2 aromatic rings. The third-order valence-corrected chi connectivity index (χ3v) is 3.22. The van der Waals surface area contributed by atoms with Crippen LogP contribution in [0.2, 0.25) is 0 Å². The number of nitrogens with one attached hydrogen (secondary N) is 2. The Bertz CT molecular complexity index is 608. The summed E-state index contributed by atoms with van der Waals surface area (Å²) in [5.41, 5.74) is 1.16. The fourth-order valence-corrected chi connectivity index (χ4v) is 2.03. The quantitative estimate of drug-likeness (QED) is 0.828. The smallest absolute Gasteiger partial charge is 0.224 e. The van der Waals surface area contributed by atoms with Gasteiger partial charge < -0.3 is 15.2 Å². The Morgan fingerprint density at radius 1 is 1.39 bits per heavy atom. The zero-order valence-corrected chi connectivity index (χ0v) is 14.6. The van der Waals surface area contributed by atoms with Crippen molar-refractivity contribution >= 4 is 30.7 Å². The van der Waals surface area contributed by atoms with Crippen molar-refractivity contribution < 1.29 is 9.18 Å². The van der Waals surface area contributed by atoms with Gasteiger partial charge in [-0.2, -0.15) is 0 Å². The van der Waals surface area contributed by atoms with E-state index in [-0.39, 0.29) is 42.5 Å². The van der Waals surface area contributed by atoms with Crippen LogP contribution in [-0.2, 0) is 11.3 Å². The Balaban J connectivity index is 0.00000242. The van der Waals surface area contributed by atoms with Crippen LogP contribution in [-0.4, -0.2) is 29.1 Å². The summed E-state index contributed by atoms with van der Waals surface area (Å²) in [5.74, 6) is -0.517. The summed E-state index contributed by atoms with van der Waals surface area (Å²) < 4.78 is 15.6. The molecule has 1 aromatic carbocycles. The second-order valence-corrected chi connectivity index (χ2v) is 4.93. The first kappa shape index (κ1) is 21.4. The summed E-state index contributed by atoms with van der Waals surface area (Å²) >= 11 is 0. The second kappa shape index (κ2) is 10.2. The van der Waals surface area contributed by atoms with Crippen LogP contribution in [0.25, 0.3) is 5.69 Å². The van der Waals surface area contributed by atoms with Gasteiger partial charge in [-0.3, -0.25) is 4.79 Å². The van der Waals surface area contributed by atoms with Gasteiger partial charge in [0.15, 0.2) is 0 Å². The molecule has 0 radical (unpaired) electrons. The number of amides is 1. The van der Waals surface area contributed by atoms with E-state index in [2.05, 4.69) is 15.6 Å². The Kier molecular flexibility index (Phi) is 9.48. The van der Waals surface area contributed by atoms with Gasteiger partial charge in [0, 0.05) is 31.4 Å². The Morgan fingerprint density at radius 3 is 2.70 bits per heavy atom. The standard InChI is InChI=1S/C15H19FN4O.2ClH/c1-11(8-17-2)15(21)19-9-12-3-4-14(13(16)7-12)20-6-5-18-10-20;;/h3-7,10-11,17H,8-9H2,1-2H3,(H,19,21);2*1H. The van der Waals surface area contributed by atoms with Gasteiger partial charge in [-0.1, -0.05) is 13.0 Å². The molecule has 1 heterocycles. The zero-order valence-electron chi connectivity index (χ0n) is 13.0. The van der Waals surface area contributed by atoms with Crippen molar-refractivity contribution in [3.8, 4) is 5.69 Å². The molecule has 0 spiro atoms. The van der Waals surface area contributed by atoms with Crippen molar-refractivity contribution in [2.45, 2.75) is 13.5 Å². The van der Waals surface area contributed by atoms with E-state index in [1.165, 1.54) is 6.07 Å². The molecule has 0 aliphatic carbocycles. The third-order valence-electron chi connectivity index (χ3n) is 3.22. The van der Waals surface area contributed by atoms with Gasteiger partial charge in [0.2, 0.25) is 5.91 Å². The lowest BCUT2D eigenvalue weighted by atomic mass is 10.1. The van der Waals surface area contributed by atoms with Crippen LogP contribution in [0.15, 0.2) is 36.9 Å². The molecule has 1 unspecified atom stereocenters. The molecule has 0 saturated carbocycles. The molecule has 23 heavy (non-hydrogen) atoms. The molecule has 5 nitrogen and oxygen atoms in total. The minimum atomic E-state index is -0.344. The number of nitrogens with zero attached hydrogens (tertiary/aromatic N) is 2. The molecule has 0 aliphatic heterocycles. The molecule has 128 valence electrons. The molecule has 2 N–H and O–H groups in total. The van der Waals surface area contributed by atoms with Gasteiger partial charge in [0.05, 0.1) is 12.0 Å². The number of imidazole rings is 1. The highest BCUT2D eigenvalue weighted by Gasteiger charge is 2.11. The maximum Gasteiger partial charge on any atom is 0.224 e. The Morgan fingerprint density at radius 2 is 2.13 bits per heavy atom. The average Bonchev–Trinajstić information content (AvgIpc) is 2.99. The largest absolute Gasteiger partial charge is 0.352 e. The lowest BCUT2D eigenvalue weighted by Gasteiger charge is -2.12. The first-order chi connectivity index (χ1) is 10.1. The van der Waals surface area contributed by atoms with Crippen LogP contribution in [0.5, 0.6) is 0 Å². The maximum atomic E-state index is 14.0. The topological polar surface area (TPSA) is 59.0 Å². The van der Waals surface area contributed by atoms with E-state index < -0.39 is 0 Å². The molecule has 2 rings (SSSR count). The van der Waals surface area contributed by atoms with Gasteiger partial charge in [0.25, 0.3) is 0 Å². The van der Waals surface area contributed by atoms with Gasteiger partial charge in [0.1, 0.15) is 5.82 Å². The highest BCUT2D eigenvalue weighted by Crippen LogP contribution is 2.15. The summed E-state index contributed by atoms with van der Waals surface area (Å²) in [7, 11) is 1.80. The highest BCUT2D eigenvalue weighted by molar-refractivity contribution is 5.85. The van der Waals surface area contributed by atoms with E-state index in [0.717, 1.165) is 5.56 Å². The van der Waals surface area contributed by atoms with Crippen LogP contribution < -0.4 is 10.6 Å². The van der Waals surface area contributed by atoms with E-state index >= 15 is 0 Å². The van der Waals surface area contributed by atoms with Crippen LogP contribution in [0.3, 0.4) is 0 Å². The predicted octanol–water partition coefficient (Wildman–Crippen LogP) is 2.33. The van der Waals surface area contributed by atoms with Crippen molar-refractivity contribution in [2.75, 3.05) is 13.6 Å². The van der Waals surface area contributed by atoms with Gasteiger partial charge >= 0.3 is 0 Å². The van der Waals surface area contributed by atoms with Crippen molar-refractivity contribution in [1.29, 1.82) is 0 Å². The molecule has 0 fully saturated rings. The third kappa shape index (κ3) is 5.82. The number of hydrogen-bond donors (Lipinski definition) is 2. The monoisotopic (exact) mass is 362 g/mol. The molecular weight excluding hydrogens is 342 g/mol. The number of hydrogen-bond acceptors (Lipinski definition) is 3. The number of rotatable bonds is 6. The fraction of sp³-hybridized carbons (Fsp3) is 0.333. The van der Waals surface area contributed by atoms with Crippen molar-refractivity contribution in [3.63, 3.8) is 0 Å². The highest BCUT2D eigenvalue weighted by atomic mass is 35.5. The molecule has 0 saturated heterocycles. The van der Waals surface area contributed by atoms with Crippen LogP contribution in [0, 0.1) is 11.7 Å².